The zero-order valence-corrected chi connectivity index (χ0v) is 9.37. The van der Waals surface area contributed by atoms with Crippen LogP contribution in [0.1, 0.15) is 11.8 Å². The third-order valence-corrected chi connectivity index (χ3v) is 1.19. The van der Waals surface area contributed by atoms with E-state index in [1.165, 1.54) is 6.07 Å². The first kappa shape index (κ1) is 11.1. The maximum absolute atomic E-state index is 10.3. The van der Waals surface area contributed by atoms with Gasteiger partial charge in [0.1, 0.15) is 0 Å². The smallest absolute Gasteiger partial charge is 1.00 e. The minimum atomic E-state index is -0.988. The number of nitrogen functional groups attached to an aromatic ring is 1. The fraction of sp³-hybridized carbons (Fsp3) is 0. The van der Waals surface area contributed by atoms with Crippen LogP contribution >= 0.6 is 0 Å². The van der Waals surface area contributed by atoms with Crippen LogP contribution in [-0.4, -0.2) is 11.1 Å². The topological polar surface area (TPSA) is 63.3 Å². The van der Waals surface area contributed by atoms with Crippen molar-refractivity contribution in [2.75, 3.05) is 5.73 Å². The zero-order valence-electron chi connectivity index (χ0n) is 7.24. The standard InChI is InChI=1S/C7H7NO2.K.H/c8-6-4-2-1-3-5(6)7(9)10;;/h1-4H,8H2,(H,9,10);;/q;+1;-1. The van der Waals surface area contributed by atoms with E-state index < -0.39 is 5.97 Å². The molecule has 0 atom stereocenters. The Hall–Kier alpha value is 0.126. The van der Waals surface area contributed by atoms with Gasteiger partial charge < -0.3 is 12.3 Å². The molecule has 0 aliphatic rings. The third kappa shape index (κ3) is 2.92. The fourth-order valence-corrected chi connectivity index (χ4v) is 0.692. The second-order valence-corrected chi connectivity index (χ2v) is 1.89. The van der Waals surface area contributed by atoms with E-state index in [0.29, 0.717) is 5.69 Å². The van der Waals surface area contributed by atoms with E-state index in [1.54, 1.807) is 18.2 Å². The van der Waals surface area contributed by atoms with Crippen molar-refractivity contribution < 1.29 is 62.7 Å². The SMILES string of the molecule is Nc1ccccc1C(=O)O.[H-].[K+]. The Morgan fingerprint density at radius 2 is 2.00 bits per heavy atom. The number of hydrogen-bond acceptors (Lipinski definition) is 2. The van der Waals surface area contributed by atoms with Crippen LogP contribution < -0.4 is 57.1 Å². The van der Waals surface area contributed by atoms with Gasteiger partial charge in [-0.25, -0.2) is 4.79 Å². The van der Waals surface area contributed by atoms with Gasteiger partial charge >= 0.3 is 57.4 Å². The normalized spacial score (nSPS) is 8.36. The number of carboxylic acids is 1. The number of hydrogen-bond donors (Lipinski definition) is 2. The van der Waals surface area contributed by atoms with Crippen LogP contribution in [0, 0.1) is 0 Å². The van der Waals surface area contributed by atoms with Crippen LogP contribution in [0.3, 0.4) is 0 Å². The van der Waals surface area contributed by atoms with Gasteiger partial charge in [-0.05, 0) is 12.1 Å². The molecule has 11 heavy (non-hydrogen) atoms. The molecule has 0 aromatic heterocycles. The molecule has 1 aromatic rings. The summed E-state index contributed by atoms with van der Waals surface area (Å²) in [6, 6.07) is 6.36. The number of benzene rings is 1. The summed E-state index contributed by atoms with van der Waals surface area (Å²) in [6.07, 6.45) is 0. The van der Waals surface area contributed by atoms with Gasteiger partial charge in [0, 0.05) is 5.69 Å². The molecule has 0 aliphatic heterocycles. The maximum atomic E-state index is 10.3. The van der Waals surface area contributed by atoms with Crippen molar-refractivity contribution in [3.05, 3.63) is 29.8 Å². The number of carboxylic acid groups (broad SMARTS) is 1. The Kier molecular flexibility index (Phi) is 4.95. The molecule has 0 amide bonds. The molecule has 0 saturated heterocycles. The average Bonchev–Trinajstić information content (AvgIpc) is 1.88. The molecule has 3 N–H and O–H groups in total. The molecule has 0 fully saturated rings. The van der Waals surface area contributed by atoms with Crippen LogP contribution in [-0.2, 0) is 0 Å². The van der Waals surface area contributed by atoms with Gasteiger partial charge in [-0.15, -0.1) is 0 Å². The van der Waals surface area contributed by atoms with Gasteiger partial charge in [-0.3, -0.25) is 0 Å². The van der Waals surface area contributed by atoms with E-state index in [0.717, 1.165) is 0 Å². The van der Waals surface area contributed by atoms with E-state index >= 15 is 0 Å². The number of rotatable bonds is 1. The first-order valence-corrected chi connectivity index (χ1v) is 2.79. The Bertz CT molecular complexity index is 267. The second-order valence-electron chi connectivity index (χ2n) is 1.89. The van der Waals surface area contributed by atoms with Gasteiger partial charge in [-0.1, -0.05) is 12.1 Å². The molecular weight excluding hydrogens is 169 g/mol. The Labute approximate surface area is 108 Å². The molecule has 0 bridgehead atoms. The summed E-state index contributed by atoms with van der Waals surface area (Å²) in [6.45, 7) is 0. The molecule has 0 radical (unpaired) electrons. The van der Waals surface area contributed by atoms with Crippen LogP contribution in [0.5, 0.6) is 0 Å². The molecule has 1 aromatic carbocycles. The van der Waals surface area contributed by atoms with Crippen molar-refractivity contribution in [1.82, 2.24) is 0 Å². The van der Waals surface area contributed by atoms with Crippen molar-refractivity contribution in [2.24, 2.45) is 0 Å². The molecule has 0 saturated carbocycles. The molecule has 1 rings (SSSR count). The molecule has 4 heteroatoms. The van der Waals surface area contributed by atoms with Gasteiger partial charge in [0.05, 0.1) is 5.56 Å². The predicted molar refractivity (Wildman–Crippen MR) is 38.9 cm³/mol. The average molecular weight is 177 g/mol. The molecule has 0 heterocycles. The monoisotopic (exact) mass is 177 g/mol. The first-order valence-electron chi connectivity index (χ1n) is 2.79. The van der Waals surface area contributed by atoms with Crippen LogP contribution in [0.25, 0.3) is 0 Å². The Morgan fingerprint density at radius 3 is 2.36 bits per heavy atom. The molecule has 54 valence electrons. The van der Waals surface area contributed by atoms with E-state index in [1.807, 2.05) is 0 Å². The second kappa shape index (κ2) is 4.90. The van der Waals surface area contributed by atoms with E-state index in [-0.39, 0.29) is 58.4 Å². The Morgan fingerprint density at radius 1 is 1.45 bits per heavy atom. The minimum Gasteiger partial charge on any atom is -1.00 e. The summed E-state index contributed by atoms with van der Waals surface area (Å²) >= 11 is 0. The molecule has 0 aliphatic carbocycles. The molecule has 3 nitrogen and oxygen atoms in total. The number of carbonyl (C=O) groups is 1. The summed E-state index contributed by atoms with van der Waals surface area (Å²) in [5.74, 6) is -0.988. The molecular formula is C7H8KNO2. The summed E-state index contributed by atoms with van der Waals surface area (Å²) in [7, 11) is 0. The van der Waals surface area contributed by atoms with Crippen molar-refractivity contribution in [3.63, 3.8) is 0 Å². The van der Waals surface area contributed by atoms with Crippen molar-refractivity contribution >= 4 is 11.7 Å². The fourth-order valence-electron chi connectivity index (χ4n) is 0.692. The summed E-state index contributed by atoms with van der Waals surface area (Å²) < 4.78 is 0. The summed E-state index contributed by atoms with van der Waals surface area (Å²) in [4.78, 5) is 10.3. The third-order valence-electron chi connectivity index (χ3n) is 1.19. The van der Waals surface area contributed by atoms with Gasteiger partial charge in [-0.2, -0.15) is 0 Å². The molecule has 0 spiro atoms. The summed E-state index contributed by atoms with van der Waals surface area (Å²) in [5.41, 5.74) is 5.80. The van der Waals surface area contributed by atoms with Gasteiger partial charge in [0.25, 0.3) is 0 Å². The van der Waals surface area contributed by atoms with Crippen molar-refractivity contribution in [1.29, 1.82) is 0 Å². The number of nitrogens with two attached hydrogens (primary N) is 1. The quantitative estimate of drug-likeness (QED) is 0.388. The predicted octanol–water partition coefficient (Wildman–Crippen LogP) is -1.92. The zero-order chi connectivity index (χ0) is 7.56. The van der Waals surface area contributed by atoms with Crippen LogP contribution in [0.2, 0.25) is 0 Å². The van der Waals surface area contributed by atoms with E-state index in [4.69, 9.17) is 10.8 Å². The van der Waals surface area contributed by atoms with Crippen LogP contribution in [0.4, 0.5) is 5.69 Å². The van der Waals surface area contributed by atoms with Gasteiger partial charge in [0.15, 0.2) is 0 Å². The largest absolute Gasteiger partial charge is 1.00 e. The first-order chi connectivity index (χ1) is 4.72. The number of para-hydroxylation sites is 1. The van der Waals surface area contributed by atoms with Crippen molar-refractivity contribution in [3.8, 4) is 0 Å². The molecule has 0 unspecified atom stereocenters. The summed E-state index contributed by atoms with van der Waals surface area (Å²) in [5, 5.41) is 8.49. The maximum Gasteiger partial charge on any atom is 1.00 e. The minimum absolute atomic E-state index is 0. The van der Waals surface area contributed by atoms with Gasteiger partial charge in [0.2, 0.25) is 0 Å². The Balaban J connectivity index is 0. The van der Waals surface area contributed by atoms with E-state index in [9.17, 15) is 4.79 Å². The van der Waals surface area contributed by atoms with E-state index in [2.05, 4.69) is 0 Å². The van der Waals surface area contributed by atoms with Crippen molar-refractivity contribution in [2.45, 2.75) is 0 Å². The number of aromatic carboxylic acids is 1. The van der Waals surface area contributed by atoms with Crippen LogP contribution in [0.15, 0.2) is 24.3 Å². The number of anilines is 1.